The smallest absolute Gasteiger partial charge is 0.225 e. The van der Waals surface area contributed by atoms with Gasteiger partial charge in [0.15, 0.2) is 0 Å². The highest BCUT2D eigenvalue weighted by molar-refractivity contribution is 6.31. The topological polar surface area (TPSA) is 58.3 Å². The van der Waals surface area contributed by atoms with Gasteiger partial charge in [-0.2, -0.15) is 0 Å². The number of rotatable bonds is 3. The highest BCUT2D eigenvalue weighted by Crippen LogP contribution is 2.21. The van der Waals surface area contributed by atoms with Crippen molar-refractivity contribution in [1.82, 2.24) is 14.9 Å². The maximum Gasteiger partial charge on any atom is 0.225 e. The first-order valence-electron chi connectivity index (χ1n) is 7.00. The van der Waals surface area contributed by atoms with Crippen molar-refractivity contribution in [2.45, 2.75) is 6.54 Å². The maximum absolute atomic E-state index is 6.24. The van der Waals surface area contributed by atoms with Gasteiger partial charge in [-0.1, -0.05) is 17.7 Å². The number of aromatic nitrogens is 2. The fraction of sp³-hybridized carbons (Fsp3) is 0.333. The Hall–Kier alpha value is -1.85. The molecule has 0 bridgehead atoms. The molecule has 0 spiro atoms. The van der Waals surface area contributed by atoms with Crippen molar-refractivity contribution in [2.75, 3.05) is 36.8 Å². The Kier molecular flexibility index (Phi) is 4.22. The Morgan fingerprint density at radius 1 is 1.10 bits per heavy atom. The van der Waals surface area contributed by atoms with E-state index in [9.17, 15) is 0 Å². The van der Waals surface area contributed by atoms with Gasteiger partial charge in [0.05, 0.1) is 0 Å². The van der Waals surface area contributed by atoms with Gasteiger partial charge in [0.1, 0.15) is 0 Å². The molecule has 2 aromatic rings. The minimum atomic E-state index is 0.704. The lowest BCUT2D eigenvalue weighted by Crippen LogP contribution is -2.46. The quantitative estimate of drug-likeness (QED) is 0.879. The molecule has 0 aliphatic carbocycles. The van der Waals surface area contributed by atoms with Crippen LogP contribution in [-0.4, -0.2) is 41.0 Å². The van der Waals surface area contributed by atoms with Crippen LogP contribution in [0, 0.1) is 0 Å². The van der Waals surface area contributed by atoms with E-state index in [4.69, 9.17) is 17.3 Å². The van der Waals surface area contributed by atoms with E-state index in [1.165, 1.54) is 0 Å². The number of piperazine rings is 1. The summed E-state index contributed by atoms with van der Waals surface area (Å²) in [6, 6.07) is 7.55. The molecule has 1 saturated heterocycles. The molecule has 0 atom stereocenters. The van der Waals surface area contributed by atoms with Gasteiger partial charge in [-0.05, 0) is 23.8 Å². The number of halogens is 1. The monoisotopic (exact) mass is 303 g/mol. The predicted molar refractivity (Wildman–Crippen MR) is 85.4 cm³/mol. The van der Waals surface area contributed by atoms with Gasteiger partial charge in [-0.15, -0.1) is 0 Å². The lowest BCUT2D eigenvalue weighted by atomic mass is 10.2. The molecule has 1 fully saturated rings. The molecule has 5 nitrogen and oxygen atoms in total. The fourth-order valence-corrected chi connectivity index (χ4v) is 2.74. The van der Waals surface area contributed by atoms with Crippen molar-refractivity contribution in [3.8, 4) is 0 Å². The average Bonchev–Trinajstić information content (AvgIpc) is 2.52. The van der Waals surface area contributed by atoms with Crippen LogP contribution in [0.4, 0.5) is 11.6 Å². The second kappa shape index (κ2) is 6.28. The summed E-state index contributed by atoms with van der Waals surface area (Å²) < 4.78 is 0. The van der Waals surface area contributed by atoms with Crippen molar-refractivity contribution in [3.63, 3.8) is 0 Å². The molecule has 1 aliphatic rings. The standard InChI is InChI=1S/C15H18ClN5/c16-14-10-13(17)3-2-12(14)11-20-6-8-21(9-7-20)15-18-4-1-5-19-15/h1-5,10H,6-9,11,17H2. The van der Waals surface area contributed by atoms with E-state index in [-0.39, 0.29) is 0 Å². The van der Waals surface area contributed by atoms with E-state index < -0.39 is 0 Å². The Morgan fingerprint density at radius 3 is 2.48 bits per heavy atom. The summed E-state index contributed by atoms with van der Waals surface area (Å²) in [6.45, 7) is 4.65. The van der Waals surface area contributed by atoms with Crippen LogP contribution >= 0.6 is 11.6 Å². The summed E-state index contributed by atoms with van der Waals surface area (Å²) >= 11 is 6.24. The zero-order chi connectivity index (χ0) is 14.7. The molecule has 2 N–H and O–H groups in total. The first-order chi connectivity index (χ1) is 10.2. The minimum Gasteiger partial charge on any atom is -0.399 e. The first kappa shape index (κ1) is 14.1. The summed E-state index contributed by atoms with van der Waals surface area (Å²) in [6.07, 6.45) is 3.56. The molecule has 0 unspecified atom stereocenters. The van der Waals surface area contributed by atoms with Crippen LogP contribution in [-0.2, 0) is 6.54 Å². The predicted octanol–water partition coefficient (Wildman–Crippen LogP) is 2.03. The first-order valence-corrected chi connectivity index (χ1v) is 7.38. The van der Waals surface area contributed by atoms with E-state index in [1.807, 2.05) is 24.3 Å². The summed E-state index contributed by atoms with van der Waals surface area (Å²) in [5.41, 5.74) is 7.55. The van der Waals surface area contributed by atoms with Crippen molar-refractivity contribution >= 4 is 23.2 Å². The van der Waals surface area contributed by atoms with Gasteiger partial charge >= 0.3 is 0 Å². The van der Waals surface area contributed by atoms with E-state index in [2.05, 4.69) is 19.8 Å². The molecule has 3 rings (SSSR count). The van der Waals surface area contributed by atoms with Crippen LogP contribution in [0.5, 0.6) is 0 Å². The van der Waals surface area contributed by atoms with Crippen LogP contribution in [0.2, 0.25) is 5.02 Å². The van der Waals surface area contributed by atoms with Gasteiger partial charge in [-0.3, -0.25) is 4.90 Å². The third kappa shape index (κ3) is 3.43. The van der Waals surface area contributed by atoms with E-state index >= 15 is 0 Å². The van der Waals surface area contributed by atoms with E-state index in [0.717, 1.165) is 49.3 Å². The van der Waals surface area contributed by atoms with Crippen molar-refractivity contribution < 1.29 is 0 Å². The molecule has 0 radical (unpaired) electrons. The number of hydrogen-bond acceptors (Lipinski definition) is 5. The molecule has 0 saturated carbocycles. The molecular weight excluding hydrogens is 286 g/mol. The molecule has 2 heterocycles. The second-order valence-corrected chi connectivity index (χ2v) is 5.57. The highest BCUT2D eigenvalue weighted by Gasteiger charge is 2.19. The summed E-state index contributed by atoms with van der Waals surface area (Å²) in [5, 5.41) is 0.740. The largest absolute Gasteiger partial charge is 0.399 e. The van der Waals surface area contributed by atoms with E-state index in [1.54, 1.807) is 12.4 Å². The summed E-state index contributed by atoms with van der Waals surface area (Å²) in [5.74, 6) is 0.808. The zero-order valence-corrected chi connectivity index (χ0v) is 12.5. The fourth-order valence-electron chi connectivity index (χ4n) is 2.49. The van der Waals surface area contributed by atoms with Gasteiger partial charge in [0.2, 0.25) is 5.95 Å². The second-order valence-electron chi connectivity index (χ2n) is 5.16. The van der Waals surface area contributed by atoms with Gasteiger partial charge in [-0.25, -0.2) is 9.97 Å². The van der Waals surface area contributed by atoms with Crippen LogP contribution in [0.1, 0.15) is 5.56 Å². The number of nitrogen functional groups attached to an aromatic ring is 1. The lowest BCUT2D eigenvalue weighted by molar-refractivity contribution is 0.249. The molecule has 1 aliphatic heterocycles. The summed E-state index contributed by atoms with van der Waals surface area (Å²) in [7, 11) is 0. The molecular formula is C15H18ClN5. The third-order valence-corrected chi connectivity index (χ3v) is 4.03. The van der Waals surface area contributed by atoms with Crippen molar-refractivity contribution in [2.24, 2.45) is 0 Å². The van der Waals surface area contributed by atoms with Crippen LogP contribution in [0.15, 0.2) is 36.7 Å². The third-order valence-electron chi connectivity index (χ3n) is 3.68. The minimum absolute atomic E-state index is 0.704. The molecule has 110 valence electrons. The Balaban J connectivity index is 1.59. The maximum atomic E-state index is 6.24. The Morgan fingerprint density at radius 2 is 1.81 bits per heavy atom. The SMILES string of the molecule is Nc1ccc(CN2CCN(c3ncccn3)CC2)c(Cl)c1. The lowest BCUT2D eigenvalue weighted by Gasteiger charge is -2.34. The molecule has 1 aromatic carbocycles. The number of nitrogens with zero attached hydrogens (tertiary/aromatic N) is 4. The van der Waals surface area contributed by atoms with Crippen LogP contribution in [0.25, 0.3) is 0 Å². The zero-order valence-electron chi connectivity index (χ0n) is 11.7. The molecule has 6 heteroatoms. The number of nitrogens with two attached hydrogens (primary N) is 1. The van der Waals surface area contributed by atoms with E-state index in [0.29, 0.717) is 5.69 Å². The van der Waals surface area contributed by atoms with Crippen molar-refractivity contribution in [1.29, 1.82) is 0 Å². The normalized spacial score (nSPS) is 16.1. The van der Waals surface area contributed by atoms with Crippen LogP contribution < -0.4 is 10.6 Å². The van der Waals surface area contributed by atoms with Gasteiger partial charge in [0, 0.05) is 55.8 Å². The Bertz CT molecular complexity index is 596. The van der Waals surface area contributed by atoms with Gasteiger partial charge in [0.25, 0.3) is 0 Å². The summed E-state index contributed by atoms with van der Waals surface area (Å²) in [4.78, 5) is 13.2. The highest BCUT2D eigenvalue weighted by atomic mass is 35.5. The molecule has 21 heavy (non-hydrogen) atoms. The number of hydrogen-bond donors (Lipinski definition) is 1. The Labute approximate surface area is 129 Å². The number of anilines is 2. The molecule has 1 aromatic heterocycles. The average molecular weight is 304 g/mol. The number of benzene rings is 1. The molecule has 0 amide bonds. The van der Waals surface area contributed by atoms with Crippen molar-refractivity contribution in [3.05, 3.63) is 47.2 Å². The van der Waals surface area contributed by atoms with Gasteiger partial charge < -0.3 is 10.6 Å². The van der Waals surface area contributed by atoms with Crippen LogP contribution in [0.3, 0.4) is 0 Å².